The second-order valence-electron chi connectivity index (χ2n) is 5.69. The van der Waals surface area contributed by atoms with Crippen molar-refractivity contribution in [1.29, 1.82) is 0 Å². The number of hydrogen-bond donors (Lipinski definition) is 1. The Hall–Kier alpha value is -2.38. The second kappa shape index (κ2) is 6.50. The van der Waals surface area contributed by atoms with E-state index in [-0.39, 0.29) is 10.8 Å². The second-order valence-corrected chi connectivity index (χ2v) is 7.78. The van der Waals surface area contributed by atoms with Gasteiger partial charge in [-0.25, -0.2) is 8.42 Å². The summed E-state index contributed by atoms with van der Waals surface area (Å²) in [5.41, 5.74) is 2.36. The number of aryl methyl sites for hydroxylation is 3. The Labute approximate surface area is 150 Å². The molecule has 0 aliphatic heterocycles. The van der Waals surface area contributed by atoms with Crippen molar-refractivity contribution < 1.29 is 12.9 Å². The summed E-state index contributed by atoms with van der Waals surface area (Å²) in [6, 6.07) is 9.94. The number of nitrogens with one attached hydrogen (secondary N) is 1. The van der Waals surface area contributed by atoms with Gasteiger partial charge < -0.3 is 4.52 Å². The van der Waals surface area contributed by atoms with Crippen LogP contribution in [0.15, 0.2) is 45.8 Å². The van der Waals surface area contributed by atoms with E-state index in [1.54, 1.807) is 51.1 Å². The molecule has 8 heteroatoms. The Morgan fingerprint density at radius 1 is 1.04 bits per heavy atom. The Morgan fingerprint density at radius 2 is 1.80 bits per heavy atom. The Morgan fingerprint density at radius 3 is 2.44 bits per heavy atom. The molecular weight excluding hydrogens is 362 g/mol. The van der Waals surface area contributed by atoms with Gasteiger partial charge in [-0.2, -0.15) is 4.98 Å². The molecule has 1 heterocycles. The molecule has 3 rings (SSSR count). The van der Waals surface area contributed by atoms with E-state index in [0.717, 1.165) is 5.56 Å². The number of aromatic nitrogens is 2. The van der Waals surface area contributed by atoms with E-state index in [9.17, 15) is 8.42 Å². The lowest BCUT2D eigenvalue weighted by atomic mass is 10.1. The molecule has 0 fully saturated rings. The molecule has 0 saturated heterocycles. The van der Waals surface area contributed by atoms with Gasteiger partial charge in [0.2, 0.25) is 0 Å². The quantitative estimate of drug-likeness (QED) is 0.739. The highest BCUT2D eigenvalue weighted by Crippen LogP contribution is 2.27. The Bertz CT molecular complexity index is 1050. The van der Waals surface area contributed by atoms with Gasteiger partial charge in [-0.05, 0) is 62.2 Å². The molecule has 0 saturated carbocycles. The highest BCUT2D eigenvalue weighted by atomic mass is 35.5. The van der Waals surface area contributed by atoms with E-state index in [1.807, 2.05) is 0 Å². The molecule has 130 valence electrons. The van der Waals surface area contributed by atoms with Crippen LogP contribution in [-0.2, 0) is 10.0 Å². The summed E-state index contributed by atoms with van der Waals surface area (Å²) in [7, 11) is -3.79. The van der Waals surface area contributed by atoms with Crippen LogP contribution in [-0.4, -0.2) is 18.6 Å². The predicted octanol–water partition coefficient (Wildman–Crippen LogP) is 4.12. The van der Waals surface area contributed by atoms with E-state index in [4.69, 9.17) is 16.1 Å². The van der Waals surface area contributed by atoms with Gasteiger partial charge in [0.05, 0.1) is 10.6 Å². The van der Waals surface area contributed by atoms with Crippen molar-refractivity contribution >= 4 is 27.3 Å². The summed E-state index contributed by atoms with van der Waals surface area (Å²) < 4.78 is 33.4. The number of nitrogens with zero attached hydrogens (tertiary/aromatic N) is 2. The number of rotatable bonds is 4. The van der Waals surface area contributed by atoms with Gasteiger partial charge in [0.25, 0.3) is 15.9 Å². The fourth-order valence-corrected chi connectivity index (χ4v) is 4.01. The molecule has 6 nitrogen and oxygen atoms in total. The molecule has 0 bridgehead atoms. The minimum atomic E-state index is -3.79. The lowest BCUT2D eigenvalue weighted by molar-refractivity contribution is 0.425. The fraction of sp³-hybridized carbons (Fsp3) is 0.176. The minimum absolute atomic E-state index is 0.148. The van der Waals surface area contributed by atoms with Gasteiger partial charge in [-0.15, -0.1) is 0 Å². The molecule has 0 radical (unpaired) electrons. The summed E-state index contributed by atoms with van der Waals surface area (Å²) in [6.07, 6.45) is 0. The van der Waals surface area contributed by atoms with Crippen LogP contribution in [0.2, 0.25) is 5.02 Å². The van der Waals surface area contributed by atoms with Crippen LogP contribution in [0.1, 0.15) is 17.0 Å². The highest BCUT2D eigenvalue weighted by molar-refractivity contribution is 7.92. The summed E-state index contributed by atoms with van der Waals surface area (Å²) in [5, 5.41) is 4.28. The molecule has 0 aliphatic carbocycles. The summed E-state index contributed by atoms with van der Waals surface area (Å²) in [5.74, 6) is 0.756. The largest absolute Gasteiger partial charge is 0.334 e. The Balaban J connectivity index is 2.01. The lowest BCUT2D eigenvalue weighted by Gasteiger charge is -2.13. The van der Waals surface area contributed by atoms with Gasteiger partial charge in [0.1, 0.15) is 0 Å². The lowest BCUT2D eigenvalue weighted by Crippen LogP contribution is -2.15. The van der Waals surface area contributed by atoms with E-state index >= 15 is 0 Å². The maximum absolute atomic E-state index is 12.8. The third-order valence-electron chi connectivity index (χ3n) is 3.68. The highest BCUT2D eigenvalue weighted by Gasteiger charge is 2.20. The van der Waals surface area contributed by atoms with E-state index in [1.165, 1.54) is 6.07 Å². The average Bonchev–Trinajstić information content (AvgIpc) is 2.97. The number of halogens is 1. The van der Waals surface area contributed by atoms with Crippen molar-refractivity contribution in [3.05, 3.63) is 58.4 Å². The molecule has 0 atom stereocenters. The van der Waals surface area contributed by atoms with E-state index in [0.29, 0.717) is 27.7 Å². The standard InChI is InChI=1S/C17H16ClN3O3S/c1-10-4-5-13(17-19-12(3)20-24-17)9-16(10)25(22,23)21-15-7-6-14(18)8-11(15)2/h4-9,21H,1-3H3. The van der Waals surface area contributed by atoms with Crippen molar-refractivity contribution in [2.24, 2.45) is 0 Å². The predicted molar refractivity (Wildman–Crippen MR) is 96.2 cm³/mol. The zero-order valence-electron chi connectivity index (χ0n) is 13.9. The summed E-state index contributed by atoms with van der Waals surface area (Å²) in [4.78, 5) is 4.28. The van der Waals surface area contributed by atoms with Gasteiger partial charge in [0.15, 0.2) is 5.82 Å². The number of hydrogen-bond acceptors (Lipinski definition) is 5. The first kappa shape index (κ1) is 17.4. The van der Waals surface area contributed by atoms with Crippen LogP contribution in [0, 0.1) is 20.8 Å². The van der Waals surface area contributed by atoms with Crippen LogP contribution in [0.5, 0.6) is 0 Å². The molecule has 2 aromatic carbocycles. The molecule has 25 heavy (non-hydrogen) atoms. The van der Waals surface area contributed by atoms with Crippen molar-refractivity contribution in [2.45, 2.75) is 25.7 Å². The SMILES string of the molecule is Cc1noc(-c2ccc(C)c(S(=O)(=O)Nc3ccc(Cl)cc3C)c2)n1. The number of benzene rings is 2. The molecule has 0 unspecified atom stereocenters. The molecule has 0 aliphatic rings. The zero-order valence-corrected chi connectivity index (χ0v) is 15.4. The van der Waals surface area contributed by atoms with E-state index < -0.39 is 10.0 Å². The van der Waals surface area contributed by atoms with Crippen molar-refractivity contribution in [1.82, 2.24) is 10.1 Å². The topological polar surface area (TPSA) is 85.1 Å². The minimum Gasteiger partial charge on any atom is -0.334 e. The van der Waals surface area contributed by atoms with Gasteiger partial charge in [0, 0.05) is 10.6 Å². The first-order valence-corrected chi connectivity index (χ1v) is 9.33. The first-order valence-electron chi connectivity index (χ1n) is 7.46. The van der Waals surface area contributed by atoms with Gasteiger partial charge in [-0.1, -0.05) is 22.8 Å². The molecule has 1 N–H and O–H groups in total. The van der Waals surface area contributed by atoms with Crippen LogP contribution in [0.3, 0.4) is 0 Å². The van der Waals surface area contributed by atoms with Crippen LogP contribution >= 0.6 is 11.6 Å². The monoisotopic (exact) mass is 377 g/mol. The molecule has 1 aromatic heterocycles. The maximum Gasteiger partial charge on any atom is 0.262 e. The molecular formula is C17H16ClN3O3S. The van der Waals surface area contributed by atoms with Crippen LogP contribution in [0.4, 0.5) is 5.69 Å². The third kappa shape index (κ3) is 3.67. The van der Waals surface area contributed by atoms with Crippen molar-refractivity contribution in [2.75, 3.05) is 4.72 Å². The van der Waals surface area contributed by atoms with Crippen LogP contribution < -0.4 is 4.72 Å². The zero-order chi connectivity index (χ0) is 18.2. The molecule has 0 amide bonds. The smallest absolute Gasteiger partial charge is 0.262 e. The maximum atomic E-state index is 12.8. The summed E-state index contributed by atoms with van der Waals surface area (Å²) >= 11 is 5.92. The van der Waals surface area contributed by atoms with Crippen molar-refractivity contribution in [3.63, 3.8) is 0 Å². The normalized spacial score (nSPS) is 11.5. The third-order valence-corrected chi connectivity index (χ3v) is 5.43. The van der Waals surface area contributed by atoms with Crippen LogP contribution in [0.25, 0.3) is 11.5 Å². The molecule has 3 aromatic rings. The number of anilines is 1. The Kier molecular flexibility index (Phi) is 4.53. The van der Waals surface area contributed by atoms with Crippen molar-refractivity contribution in [3.8, 4) is 11.5 Å². The average molecular weight is 378 g/mol. The fourth-order valence-electron chi connectivity index (χ4n) is 2.38. The molecule has 0 spiro atoms. The van der Waals surface area contributed by atoms with E-state index in [2.05, 4.69) is 14.9 Å². The van der Waals surface area contributed by atoms with Gasteiger partial charge in [-0.3, -0.25) is 4.72 Å². The first-order chi connectivity index (χ1) is 11.8. The number of sulfonamides is 1. The summed E-state index contributed by atoms with van der Waals surface area (Å²) in [6.45, 7) is 5.21. The van der Waals surface area contributed by atoms with Gasteiger partial charge >= 0.3 is 0 Å².